The zero-order chi connectivity index (χ0) is 20.7. The Kier molecular flexibility index (Phi) is 7.36. The van der Waals surface area contributed by atoms with Crippen LogP contribution < -0.4 is 9.57 Å². The first-order valence-electron chi connectivity index (χ1n) is 8.40. The van der Waals surface area contributed by atoms with Gasteiger partial charge in [-0.3, -0.25) is 10.1 Å². The van der Waals surface area contributed by atoms with Gasteiger partial charge in [-0.2, -0.15) is 13.5 Å². The van der Waals surface area contributed by atoms with Crippen LogP contribution in [0.1, 0.15) is 25.8 Å². The molecule has 10 heteroatoms. The Balaban J connectivity index is 2.01. The van der Waals surface area contributed by atoms with E-state index < -0.39 is 20.6 Å². The molecule has 0 aromatic heterocycles. The van der Waals surface area contributed by atoms with Gasteiger partial charge < -0.3 is 4.74 Å². The van der Waals surface area contributed by atoms with Gasteiger partial charge in [-0.05, 0) is 54.3 Å². The van der Waals surface area contributed by atoms with Crippen molar-refractivity contribution in [3.8, 4) is 5.75 Å². The molecule has 1 N–H and O–H groups in total. The fourth-order valence-electron chi connectivity index (χ4n) is 2.09. The molecule has 0 aliphatic carbocycles. The SMILES string of the molecule is CC(C)CCOc1ccc(/C=N/NS(=O)(=O)c2ccc(Cl)c([N+](=O)[O-])c2)cc1. The Bertz CT molecular complexity index is 960. The number of hydrogen-bond donors (Lipinski definition) is 1. The number of rotatable bonds is 9. The normalized spacial score (nSPS) is 11.7. The summed E-state index contributed by atoms with van der Waals surface area (Å²) in [6, 6.07) is 10.2. The van der Waals surface area contributed by atoms with Crippen molar-refractivity contribution in [3.05, 3.63) is 63.2 Å². The summed E-state index contributed by atoms with van der Waals surface area (Å²) in [7, 11) is -4.07. The predicted molar refractivity (Wildman–Crippen MR) is 107 cm³/mol. The first-order chi connectivity index (χ1) is 13.2. The monoisotopic (exact) mass is 425 g/mol. The van der Waals surface area contributed by atoms with Gasteiger partial charge >= 0.3 is 0 Å². The van der Waals surface area contributed by atoms with Gasteiger partial charge in [0.15, 0.2) is 0 Å². The van der Waals surface area contributed by atoms with Gasteiger partial charge in [-0.15, -0.1) is 0 Å². The van der Waals surface area contributed by atoms with Crippen molar-refractivity contribution in [2.75, 3.05) is 6.61 Å². The lowest BCUT2D eigenvalue weighted by Gasteiger charge is -2.08. The summed E-state index contributed by atoms with van der Waals surface area (Å²) in [6.45, 7) is 4.86. The first kappa shape index (κ1) is 21.6. The van der Waals surface area contributed by atoms with E-state index in [-0.39, 0.29) is 9.92 Å². The molecule has 0 radical (unpaired) electrons. The second-order valence-corrected chi connectivity index (χ2v) is 8.39. The highest BCUT2D eigenvalue weighted by Crippen LogP contribution is 2.26. The maximum absolute atomic E-state index is 12.2. The van der Waals surface area contributed by atoms with E-state index in [4.69, 9.17) is 16.3 Å². The summed E-state index contributed by atoms with van der Waals surface area (Å²) < 4.78 is 30.1. The van der Waals surface area contributed by atoms with Crippen molar-refractivity contribution in [2.24, 2.45) is 11.0 Å². The third-order valence-corrected chi connectivity index (χ3v) is 5.20. The highest BCUT2D eigenvalue weighted by molar-refractivity contribution is 7.89. The quantitative estimate of drug-likeness (QED) is 0.371. The van der Waals surface area contributed by atoms with Crippen molar-refractivity contribution >= 4 is 33.5 Å². The molecule has 0 aliphatic rings. The number of nitrogens with zero attached hydrogens (tertiary/aromatic N) is 2. The van der Waals surface area contributed by atoms with Crippen molar-refractivity contribution in [1.82, 2.24) is 4.83 Å². The molecule has 150 valence electrons. The lowest BCUT2D eigenvalue weighted by atomic mass is 10.1. The highest BCUT2D eigenvalue weighted by atomic mass is 35.5. The number of ether oxygens (including phenoxy) is 1. The summed E-state index contributed by atoms with van der Waals surface area (Å²) in [4.78, 5) is 11.8. The van der Waals surface area contributed by atoms with Gasteiger partial charge in [-0.1, -0.05) is 25.4 Å². The second-order valence-electron chi connectivity index (χ2n) is 6.32. The minimum absolute atomic E-state index is 0.150. The fraction of sp³-hybridized carbons (Fsp3) is 0.278. The molecule has 8 nitrogen and oxygen atoms in total. The Morgan fingerprint density at radius 2 is 1.93 bits per heavy atom. The van der Waals surface area contributed by atoms with Crippen molar-refractivity contribution in [3.63, 3.8) is 0 Å². The lowest BCUT2D eigenvalue weighted by Crippen LogP contribution is -2.18. The summed E-state index contributed by atoms with van der Waals surface area (Å²) in [6.07, 6.45) is 2.27. The van der Waals surface area contributed by atoms with E-state index in [2.05, 4.69) is 18.9 Å². The van der Waals surface area contributed by atoms with E-state index in [0.29, 0.717) is 23.8 Å². The van der Waals surface area contributed by atoms with Gasteiger partial charge in [0.2, 0.25) is 0 Å². The van der Waals surface area contributed by atoms with E-state index in [0.717, 1.165) is 24.6 Å². The Labute approximate surface area is 168 Å². The largest absolute Gasteiger partial charge is 0.494 e. The molecule has 0 atom stereocenters. The van der Waals surface area contributed by atoms with Crippen LogP contribution in [0, 0.1) is 16.0 Å². The molecular formula is C18H20ClN3O5S. The molecule has 0 heterocycles. The lowest BCUT2D eigenvalue weighted by molar-refractivity contribution is -0.384. The highest BCUT2D eigenvalue weighted by Gasteiger charge is 2.20. The van der Waals surface area contributed by atoms with Crippen LogP contribution in [0.5, 0.6) is 5.75 Å². The average Bonchev–Trinajstić information content (AvgIpc) is 2.62. The molecule has 0 bridgehead atoms. The summed E-state index contributed by atoms with van der Waals surface area (Å²) >= 11 is 5.69. The first-order valence-corrected chi connectivity index (χ1v) is 10.3. The van der Waals surface area contributed by atoms with E-state index >= 15 is 0 Å². The van der Waals surface area contributed by atoms with E-state index in [1.54, 1.807) is 24.3 Å². The van der Waals surface area contributed by atoms with Crippen LogP contribution in [0.2, 0.25) is 5.02 Å². The summed E-state index contributed by atoms with van der Waals surface area (Å²) in [5.41, 5.74) is 0.155. The van der Waals surface area contributed by atoms with E-state index in [9.17, 15) is 18.5 Å². The molecule has 0 fully saturated rings. The maximum Gasteiger partial charge on any atom is 0.289 e. The zero-order valence-corrected chi connectivity index (χ0v) is 16.9. The molecule has 28 heavy (non-hydrogen) atoms. The molecule has 2 aromatic rings. The Morgan fingerprint density at radius 3 is 2.54 bits per heavy atom. The number of halogens is 1. The summed E-state index contributed by atoms with van der Waals surface area (Å²) in [5, 5.41) is 14.4. The predicted octanol–water partition coefficient (Wildman–Crippen LogP) is 3.99. The van der Waals surface area contributed by atoms with Crippen molar-refractivity contribution < 1.29 is 18.1 Å². The number of nitrogens with one attached hydrogen (secondary N) is 1. The van der Waals surface area contributed by atoms with E-state index in [1.807, 2.05) is 4.83 Å². The van der Waals surface area contributed by atoms with Crippen molar-refractivity contribution in [2.45, 2.75) is 25.2 Å². The Hall–Kier alpha value is -2.65. The van der Waals surface area contributed by atoms with Gasteiger partial charge in [0, 0.05) is 6.07 Å². The van der Waals surface area contributed by atoms with Crippen LogP contribution in [0.3, 0.4) is 0 Å². The number of sulfonamides is 1. The average molecular weight is 426 g/mol. The fourth-order valence-corrected chi connectivity index (χ4v) is 3.08. The minimum Gasteiger partial charge on any atom is -0.494 e. The minimum atomic E-state index is -4.07. The number of nitro groups is 1. The number of hydrogen-bond acceptors (Lipinski definition) is 6. The topological polar surface area (TPSA) is 111 Å². The molecule has 0 saturated carbocycles. The molecule has 2 aromatic carbocycles. The molecular weight excluding hydrogens is 406 g/mol. The third kappa shape index (κ3) is 6.21. The van der Waals surface area contributed by atoms with Crippen LogP contribution in [0.15, 0.2) is 52.5 Å². The van der Waals surface area contributed by atoms with Crippen LogP contribution >= 0.6 is 11.6 Å². The Morgan fingerprint density at radius 1 is 1.25 bits per heavy atom. The molecule has 0 saturated heterocycles. The second kappa shape index (κ2) is 9.52. The molecule has 0 unspecified atom stereocenters. The number of hydrazone groups is 1. The van der Waals surface area contributed by atoms with Gasteiger partial charge in [-0.25, -0.2) is 4.83 Å². The molecule has 2 rings (SSSR count). The van der Waals surface area contributed by atoms with E-state index in [1.165, 1.54) is 6.21 Å². The van der Waals surface area contributed by atoms with Crippen molar-refractivity contribution in [1.29, 1.82) is 0 Å². The number of benzene rings is 2. The number of nitro benzene ring substituents is 1. The zero-order valence-electron chi connectivity index (χ0n) is 15.3. The van der Waals surface area contributed by atoms with Crippen LogP contribution in [0.4, 0.5) is 5.69 Å². The molecule has 0 aliphatic heterocycles. The summed E-state index contributed by atoms with van der Waals surface area (Å²) in [5.74, 6) is 1.27. The van der Waals surface area contributed by atoms with Crippen LogP contribution in [0.25, 0.3) is 0 Å². The van der Waals surface area contributed by atoms with Crippen LogP contribution in [-0.4, -0.2) is 26.2 Å². The maximum atomic E-state index is 12.2. The van der Waals surface area contributed by atoms with Gasteiger partial charge in [0.1, 0.15) is 10.8 Å². The van der Waals surface area contributed by atoms with Crippen LogP contribution in [-0.2, 0) is 10.0 Å². The smallest absolute Gasteiger partial charge is 0.289 e. The standard InChI is InChI=1S/C18H20ClN3O5S/c1-13(2)9-10-27-15-5-3-14(4-6-15)12-20-21-28(25,26)16-7-8-17(19)18(11-16)22(23)24/h3-8,11-13,21H,9-10H2,1-2H3/b20-12+. The molecule has 0 amide bonds. The van der Waals surface area contributed by atoms with Gasteiger partial charge in [0.25, 0.3) is 15.7 Å². The van der Waals surface area contributed by atoms with Gasteiger partial charge in [0.05, 0.1) is 22.6 Å². The molecule has 0 spiro atoms. The third-order valence-electron chi connectivity index (χ3n) is 3.66.